The van der Waals surface area contributed by atoms with Crippen molar-refractivity contribution in [1.82, 2.24) is 5.43 Å². The van der Waals surface area contributed by atoms with E-state index in [2.05, 4.69) is 10.5 Å². The Hall–Kier alpha value is -2.84. The van der Waals surface area contributed by atoms with Crippen molar-refractivity contribution < 1.29 is 14.6 Å². The van der Waals surface area contributed by atoms with Crippen LogP contribution in [0.5, 0.6) is 0 Å². The number of benzene rings is 1. The van der Waals surface area contributed by atoms with Crippen molar-refractivity contribution in [3.05, 3.63) is 44.0 Å². The van der Waals surface area contributed by atoms with Crippen LogP contribution in [0.15, 0.2) is 23.3 Å². The fourth-order valence-corrected chi connectivity index (χ4v) is 1.73. The molecule has 1 amide bonds. The van der Waals surface area contributed by atoms with E-state index in [4.69, 9.17) is 0 Å². The standard InChI is InChI=1S/C12H12N4O5/c1-7(8-2-3-8)13-14-12(17)9-4-10(15(18)19)6-11(5-9)16(20)21/h4-6,8H,2-3H2,1H3,(H,14,17)/b13-7+. The van der Waals surface area contributed by atoms with Crippen LogP contribution in [0, 0.1) is 26.1 Å². The Morgan fingerprint density at radius 2 is 1.71 bits per heavy atom. The third kappa shape index (κ3) is 3.59. The zero-order chi connectivity index (χ0) is 15.6. The number of carbonyl (C=O) groups is 1. The maximum atomic E-state index is 11.9. The second-order valence-electron chi connectivity index (χ2n) is 4.72. The number of hydrogen-bond acceptors (Lipinski definition) is 6. The Bertz CT molecular complexity index is 619. The van der Waals surface area contributed by atoms with Gasteiger partial charge in [-0.2, -0.15) is 5.10 Å². The van der Waals surface area contributed by atoms with E-state index in [0.29, 0.717) is 5.92 Å². The molecule has 9 heteroatoms. The summed E-state index contributed by atoms with van der Waals surface area (Å²) in [6, 6.07) is 2.75. The molecule has 0 bridgehead atoms. The first-order chi connectivity index (χ1) is 9.88. The average molecular weight is 292 g/mol. The molecular weight excluding hydrogens is 280 g/mol. The van der Waals surface area contributed by atoms with Crippen molar-refractivity contribution in [3.8, 4) is 0 Å². The Balaban J connectivity index is 2.24. The third-order valence-electron chi connectivity index (χ3n) is 3.09. The monoisotopic (exact) mass is 292 g/mol. The highest BCUT2D eigenvalue weighted by atomic mass is 16.6. The predicted octanol–water partition coefficient (Wildman–Crippen LogP) is 2.02. The van der Waals surface area contributed by atoms with Crippen LogP contribution in [0.1, 0.15) is 30.1 Å². The van der Waals surface area contributed by atoms with Gasteiger partial charge in [0.1, 0.15) is 0 Å². The molecule has 0 heterocycles. The molecule has 110 valence electrons. The first-order valence-electron chi connectivity index (χ1n) is 6.17. The summed E-state index contributed by atoms with van der Waals surface area (Å²) in [7, 11) is 0. The summed E-state index contributed by atoms with van der Waals surface area (Å²) in [6.07, 6.45) is 2.04. The van der Waals surface area contributed by atoms with Gasteiger partial charge in [-0.05, 0) is 25.7 Å². The summed E-state index contributed by atoms with van der Waals surface area (Å²) in [4.78, 5) is 31.8. The van der Waals surface area contributed by atoms with Crippen LogP contribution in [-0.2, 0) is 0 Å². The Kier molecular flexibility index (Phi) is 3.92. The van der Waals surface area contributed by atoms with Crippen molar-refractivity contribution >= 4 is 23.0 Å². The van der Waals surface area contributed by atoms with Crippen molar-refractivity contribution in [2.75, 3.05) is 0 Å². The van der Waals surface area contributed by atoms with Gasteiger partial charge in [0.15, 0.2) is 0 Å². The molecule has 0 aliphatic heterocycles. The second-order valence-corrected chi connectivity index (χ2v) is 4.72. The number of rotatable bonds is 5. The first kappa shape index (κ1) is 14.6. The molecule has 1 aromatic rings. The number of hydrazone groups is 1. The minimum Gasteiger partial charge on any atom is -0.267 e. The van der Waals surface area contributed by atoms with Crippen LogP contribution in [0.2, 0.25) is 0 Å². The molecule has 0 aromatic heterocycles. The third-order valence-corrected chi connectivity index (χ3v) is 3.09. The van der Waals surface area contributed by atoms with Gasteiger partial charge in [0.2, 0.25) is 0 Å². The molecule has 0 radical (unpaired) electrons. The lowest BCUT2D eigenvalue weighted by Crippen LogP contribution is -2.19. The van der Waals surface area contributed by atoms with E-state index in [0.717, 1.165) is 36.8 Å². The number of nitro groups is 2. The van der Waals surface area contributed by atoms with E-state index in [-0.39, 0.29) is 5.56 Å². The van der Waals surface area contributed by atoms with Crippen LogP contribution in [-0.4, -0.2) is 21.5 Å². The molecule has 2 rings (SSSR count). The largest absolute Gasteiger partial charge is 0.277 e. The van der Waals surface area contributed by atoms with E-state index >= 15 is 0 Å². The summed E-state index contributed by atoms with van der Waals surface area (Å²) < 4.78 is 0. The Morgan fingerprint density at radius 1 is 1.19 bits per heavy atom. The summed E-state index contributed by atoms with van der Waals surface area (Å²) >= 11 is 0. The molecule has 21 heavy (non-hydrogen) atoms. The summed E-state index contributed by atoms with van der Waals surface area (Å²) in [5, 5.41) is 25.4. The van der Waals surface area contributed by atoms with E-state index in [1.54, 1.807) is 6.92 Å². The maximum Gasteiger partial charge on any atom is 0.277 e. The SMILES string of the molecule is C/C(=N\NC(=O)c1cc([N+](=O)[O-])cc([N+](=O)[O-])c1)C1CC1. The maximum absolute atomic E-state index is 11.9. The highest BCUT2D eigenvalue weighted by Gasteiger charge is 2.25. The smallest absolute Gasteiger partial charge is 0.267 e. The Morgan fingerprint density at radius 3 is 2.14 bits per heavy atom. The lowest BCUT2D eigenvalue weighted by Gasteiger charge is -2.02. The molecule has 9 nitrogen and oxygen atoms in total. The van der Waals surface area contributed by atoms with Crippen molar-refractivity contribution in [1.29, 1.82) is 0 Å². The number of carbonyl (C=O) groups excluding carboxylic acids is 1. The normalized spacial score (nSPS) is 14.6. The summed E-state index contributed by atoms with van der Waals surface area (Å²) in [6.45, 7) is 1.77. The van der Waals surface area contributed by atoms with Crippen LogP contribution >= 0.6 is 0 Å². The van der Waals surface area contributed by atoms with Crippen LogP contribution < -0.4 is 5.43 Å². The second kappa shape index (κ2) is 5.65. The van der Waals surface area contributed by atoms with Gasteiger partial charge in [-0.15, -0.1) is 0 Å². The van der Waals surface area contributed by atoms with Crippen molar-refractivity contribution in [2.24, 2.45) is 11.0 Å². The van der Waals surface area contributed by atoms with Crippen LogP contribution in [0.4, 0.5) is 11.4 Å². The predicted molar refractivity (Wildman–Crippen MR) is 73.1 cm³/mol. The molecule has 1 aliphatic carbocycles. The molecule has 1 aromatic carbocycles. The highest BCUT2D eigenvalue weighted by molar-refractivity contribution is 5.96. The molecule has 1 aliphatic rings. The number of amides is 1. The molecule has 0 atom stereocenters. The fourth-order valence-electron chi connectivity index (χ4n) is 1.73. The average Bonchev–Trinajstić information content (AvgIpc) is 3.28. The summed E-state index contributed by atoms with van der Waals surface area (Å²) in [5.74, 6) is -0.355. The lowest BCUT2D eigenvalue weighted by atomic mass is 10.1. The zero-order valence-electron chi connectivity index (χ0n) is 11.1. The van der Waals surface area contributed by atoms with Gasteiger partial charge in [-0.1, -0.05) is 0 Å². The lowest BCUT2D eigenvalue weighted by molar-refractivity contribution is -0.394. The van der Waals surface area contributed by atoms with Gasteiger partial charge < -0.3 is 0 Å². The van der Waals surface area contributed by atoms with E-state index < -0.39 is 27.1 Å². The van der Waals surface area contributed by atoms with Gasteiger partial charge in [0.25, 0.3) is 17.3 Å². The quantitative estimate of drug-likeness (QED) is 0.504. The molecule has 1 saturated carbocycles. The van der Waals surface area contributed by atoms with Gasteiger partial charge >= 0.3 is 0 Å². The van der Waals surface area contributed by atoms with Crippen LogP contribution in [0.3, 0.4) is 0 Å². The molecular formula is C12H12N4O5. The minimum atomic E-state index is -0.789. The molecule has 0 unspecified atom stereocenters. The van der Waals surface area contributed by atoms with E-state index in [1.165, 1.54) is 0 Å². The molecule has 0 saturated heterocycles. The number of hydrogen-bond donors (Lipinski definition) is 1. The van der Waals surface area contributed by atoms with E-state index in [9.17, 15) is 25.0 Å². The van der Waals surface area contributed by atoms with Crippen molar-refractivity contribution in [2.45, 2.75) is 19.8 Å². The minimum absolute atomic E-state index is 0.178. The Labute approximate surface area is 118 Å². The highest BCUT2D eigenvalue weighted by Crippen LogP contribution is 2.30. The van der Waals surface area contributed by atoms with Crippen LogP contribution in [0.25, 0.3) is 0 Å². The molecule has 0 spiro atoms. The molecule has 1 N–H and O–H groups in total. The van der Waals surface area contributed by atoms with Gasteiger partial charge in [0.05, 0.1) is 21.5 Å². The zero-order valence-corrected chi connectivity index (χ0v) is 11.1. The number of nitrogens with one attached hydrogen (secondary N) is 1. The fraction of sp³-hybridized carbons (Fsp3) is 0.333. The first-order valence-corrected chi connectivity index (χ1v) is 6.17. The topological polar surface area (TPSA) is 128 Å². The number of nitrogens with zero attached hydrogens (tertiary/aromatic N) is 3. The van der Waals surface area contributed by atoms with Gasteiger partial charge in [0, 0.05) is 17.8 Å². The van der Waals surface area contributed by atoms with Gasteiger partial charge in [-0.3, -0.25) is 25.0 Å². The summed E-state index contributed by atoms with van der Waals surface area (Å²) in [5.41, 5.74) is 1.81. The number of non-ortho nitro benzene ring substituents is 2. The van der Waals surface area contributed by atoms with Gasteiger partial charge in [-0.25, -0.2) is 5.43 Å². The van der Waals surface area contributed by atoms with Crippen molar-refractivity contribution in [3.63, 3.8) is 0 Å². The number of nitro benzene ring substituents is 2. The molecule has 1 fully saturated rings. The van der Waals surface area contributed by atoms with E-state index in [1.807, 2.05) is 0 Å².